The van der Waals surface area contributed by atoms with E-state index < -0.39 is 0 Å². The molecule has 1 atom stereocenters. The maximum absolute atomic E-state index is 5.81. The summed E-state index contributed by atoms with van der Waals surface area (Å²) in [5, 5.41) is 3.37. The average molecular weight is 266 g/mol. The van der Waals surface area contributed by atoms with Gasteiger partial charge in [0, 0.05) is 26.2 Å². The zero-order valence-electron chi connectivity index (χ0n) is 12.1. The molecule has 19 heavy (non-hydrogen) atoms. The van der Waals surface area contributed by atoms with Gasteiger partial charge in [0.05, 0.1) is 24.8 Å². The molecule has 1 aliphatic rings. The summed E-state index contributed by atoms with van der Waals surface area (Å²) in [6.07, 6.45) is 5.22. The highest BCUT2D eigenvalue weighted by atomic mass is 16.5. The van der Waals surface area contributed by atoms with E-state index in [2.05, 4.69) is 33.6 Å². The van der Waals surface area contributed by atoms with Crippen LogP contribution in [0, 0.1) is 0 Å². The molecule has 2 heterocycles. The Hall–Kier alpha value is -0.910. The fourth-order valence-corrected chi connectivity index (χ4v) is 2.53. The summed E-state index contributed by atoms with van der Waals surface area (Å²) in [7, 11) is 0. The Morgan fingerprint density at radius 1 is 1.47 bits per heavy atom. The van der Waals surface area contributed by atoms with Crippen LogP contribution in [-0.4, -0.2) is 53.8 Å². The lowest BCUT2D eigenvalue weighted by atomic mass is 10.2. The number of morpholine rings is 1. The Morgan fingerprint density at radius 2 is 2.37 bits per heavy atom. The minimum atomic E-state index is 0.150. The minimum Gasteiger partial charge on any atom is -0.369 e. The molecule has 0 aromatic carbocycles. The van der Waals surface area contributed by atoms with Crippen molar-refractivity contribution in [3.8, 4) is 0 Å². The summed E-state index contributed by atoms with van der Waals surface area (Å²) in [6.45, 7) is 11.4. The van der Waals surface area contributed by atoms with E-state index in [1.807, 2.05) is 12.5 Å². The van der Waals surface area contributed by atoms with Gasteiger partial charge in [-0.1, -0.05) is 13.8 Å². The van der Waals surface area contributed by atoms with Crippen LogP contribution in [0.15, 0.2) is 12.5 Å². The van der Waals surface area contributed by atoms with E-state index in [4.69, 9.17) is 4.74 Å². The molecule has 108 valence electrons. The first kappa shape index (κ1) is 14.5. The molecule has 5 heteroatoms. The first-order chi connectivity index (χ1) is 9.35. The Balaban J connectivity index is 1.91. The van der Waals surface area contributed by atoms with Crippen LogP contribution in [-0.2, 0) is 11.3 Å². The molecule has 1 fully saturated rings. The number of imidazole rings is 1. The van der Waals surface area contributed by atoms with Crippen molar-refractivity contribution in [1.29, 1.82) is 0 Å². The van der Waals surface area contributed by atoms with Gasteiger partial charge in [0.1, 0.15) is 6.10 Å². The maximum atomic E-state index is 5.81. The quantitative estimate of drug-likeness (QED) is 0.807. The van der Waals surface area contributed by atoms with Crippen molar-refractivity contribution in [2.24, 2.45) is 0 Å². The van der Waals surface area contributed by atoms with E-state index in [0.717, 1.165) is 39.3 Å². The van der Waals surface area contributed by atoms with Gasteiger partial charge < -0.3 is 19.5 Å². The van der Waals surface area contributed by atoms with Crippen molar-refractivity contribution < 1.29 is 4.74 Å². The smallest absolute Gasteiger partial charge is 0.111 e. The molecule has 0 spiro atoms. The summed E-state index contributed by atoms with van der Waals surface area (Å²) in [5.41, 5.74) is 1.19. The Morgan fingerprint density at radius 3 is 3.05 bits per heavy atom. The topological polar surface area (TPSA) is 42.3 Å². The summed E-state index contributed by atoms with van der Waals surface area (Å²) in [6, 6.07) is 0. The Bertz CT molecular complexity index is 360. The molecule has 1 aliphatic heterocycles. The number of hydrogen-bond donors (Lipinski definition) is 1. The number of hydrogen-bond acceptors (Lipinski definition) is 4. The summed E-state index contributed by atoms with van der Waals surface area (Å²) in [5.74, 6) is 0. The lowest BCUT2D eigenvalue weighted by molar-refractivity contribution is 0.0225. The van der Waals surface area contributed by atoms with Crippen molar-refractivity contribution in [2.45, 2.75) is 32.9 Å². The van der Waals surface area contributed by atoms with Gasteiger partial charge in [-0.15, -0.1) is 0 Å². The van der Waals surface area contributed by atoms with E-state index in [-0.39, 0.29) is 6.10 Å². The first-order valence-corrected chi connectivity index (χ1v) is 7.39. The van der Waals surface area contributed by atoms with Crippen molar-refractivity contribution >= 4 is 0 Å². The zero-order chi connectivity index (χ0) is 13.5. The van der Waals surface area contributed by atoms with Gasteiger partial charge in [-0.05, 0) is 19.5 Å². The maximum Gasteiger partial charge on any atom is 0.111 e. The van der Waals surface area contributed by atoms with Crippen LogP contribution >= 0.6 is 0 Å². The van der Waals surface area contributed by atoms with Crippen LogP contribution in [0.1, 0.15) is 32.1 Å². The molecular formula is C14H26N4O. The van der Waals surface area contributed by atoms with E-state index in [9.17, 15) is 0 Å². The van der Waals surface area contributed by atoms with Crippen molar-refractivity contribution in [3.05, 3.63) is 18.2 Å². The molecule has 0 saturated carbocycles. The standard InChI is InChI=1S/C14H26N4O/c1-3-6-17(4-2)7-8-18-12-16-10-13(18)14-11-15-5-9-19-14/h10,12,14-15H,3-9,11H2,1-2H3. The second-order valence-corrected chi connectivity index (χ2v) is 5.01. The Labute approximate surface area is 116 Å². The van der Waals surface area contributed by atoms with Crippen LogP contribution in [0.4, 0.5) is 0 Å². The van der Waals surface area contributed by atoms with Crippen LogP contribution in [0.25, 0.3) is 0 Å². The molecule has 0 radical (unpaired) electrons. The molecule has 1 N–H and O–H groups in total. The zero-order valence-corrected chi connectivity index (χ0v) is 12.1. The van der Waals surface area contributed by atoms with E-state index in [1.54, 1.807) is 0 Å². The third-order valence-corrected chi connectivity index (χ3v) is 3.65. The van der Waals surface area contributed by atoms with Crippen molar-refractivity contribution in [1.82, 2.24) is 19.8 Å². The number of likely N-dealkylation sites (N-methyl/N-ethyl adjacent to an activating group) is 1. The highest BCUT2D eigenvalue weighted by molar-refractivity contribution is 5.04. The molecule has 5 nitrogen and oxygen atoms in total. The van der Waals surface area contributed by atoms with Crippen molar-refractivity contribution in [2.75, 3.05) is 39.3 Å². The largest absolute Gasteiger partial charge is 0.369 e. The van der Waals surface area contributed by atoms with Gasteiger partial charge in [0.15, 0.2) is 0 Å². The predicted octanol–water partition coefficient (Wildman–Crippen LogP) is 1.28. The molecule has 1 saturated heterocycles. The fraction of sp³-hybridized carbons (Fsp3) is 0.786. The lowest BCUT2D eigenvalue weighted by Crippen LogP contribution is -2.35. The molecular weight excluding hydrogens is 240 g/mol. The van der Waals surface area contributed by atoms with Gasteiger partial charge in [-0.2, -0.15) is 0 Å². The molecule has 1 aromatic heterocycles. The van der Waals surface area contributed by atoms with E-state index >= 15 is 0 Å². The van der Waals surface area contributed by atoms with Crippen LogP contribution < -0.4 is 5.32 Å². The highest BCUT2D eigenvalue weighted by Gasteiger charge is 2.19. The first-order valence-electron chi connectivity index (χ1n) is 7.39. The van der Waals surface area contributed by atoms with Crippen LogP contribution in [0.5, 0.6) is 0 Å². The molecule has 1 aromatic rings. The van der Waals surface area contributed by atoms with Crippen LogP contribution in [0.3, 0.4) is 0 Å². The summed E-state index contributed by atoms with van der Waals surface area (Å²) < 4.78 is 8.04. The summed E-state index contributed by atoms with van der Waals surface area (Å²) >= 11 is 0. The van der Waals surface area contributed by atoms with Crippen molar-refractivity contribution in [3.63, 3.8) is 0 Å². The van der Waals surface area contributed by atoms with Gasteiger partial charge >= 0.3 is 0 Å². The number of aromatic nitrogens is 2. The number of nitrogens with zero attached hydrogens (tertiary/aromatic N) is 3. The Kier molecular flexibility index (Phi) is 5.82. The monoisotopic (exact) mass is 266 g/mol. The van der Waals surface area contributed by atoms with Gasteiger partial charge in [0.25, 0.3) is 0 Å². The third-order valence-electron chi connectivity index (χ3n) is 3.65. The number of rotatable bonds is 7. The number of ether oxygens (including phenoxy) is 1. The SMILES string of the molecule is CCCN(CC)CCn1cncc1C1CNCCO1. The lowest BCUT2D eigenvalue weighted by Gasteiger charge is -2.25. The third kappa shape index (κ3) is 4.03. The molecule has 1 unspecified atom stereocenters. The molecule has 0 aliphatic carbocycles. The molecule has 2 rings (SSSR count). The molecule has 0 bridgehead atoms. The van der Waals surface area contributed by atoms with E-state index in [0.29, 0.717) is 0 Å². The normalized spacial score (nSPS) is 20.1. The number of nitrogens with one attached hydrogen (secondary N) is 1. The minimum absolute atomic E-state index is 0.150. The highest BCUT2D eigenvalue weighted by Crippen LogP contribution is 2.18. The second-order valence-electron chi connectivity index (χ2n) is 5.01. The van der Waals surface area contributed by atoms with Gasteiger partial charge in [-0.3, -0.25) is 0 Å². The second kappa shape index (κ2) is 7.62. The van der Waals surface area contributed by atoms with Crippen LogP contribution in [0.2, 0.25) is 0 Å². The van der Waals surface area contributed by atoms with Gasteiger partial charge in [-0.25, -0.2) is 4.98 Å². The van der Waals surface area contributed by atoms with E-state index in [1.165, 1.54) is 18.7 Å². The molecule has 0 amide bonds. The average Bonchev–Trinajstić information content (AvgIpc) is 2.93. The van der Waals surface area contributed by atoms with Gasteiger partial charge in [0.2, 0.25) is 0 Å². The predicted molar refractivity (Wildman–Crippen MR) is 76.2 cm³/mol. The fourth-order valence-electron chi connectivity index (χ4n) is 2.53. The summed E-state index contributed by atoms with van der Waals surface area (Å²) in [4.78, 5) is 6.76.